The summed E-state index contributed by atoms with van der Waals surface area (Å²) in [6.45, 7) is 3.29. The van der Waals surface area contributed by atoms with Crippen LogP contribution in [0.5, 0.6) is 0 Å². The van der Waals surface area contributed by atoms with Crippen LogP contribution in [0, 0.1) is 17.2 Å². The fraction of sp³-hybridized carbons (Fsp3) is 0.625. The van der Waals surface area contributed by atoms with Crippen molar-refractivity contribution in [1.29, 1.82) is 5.26 Å². The van der Waals surface area contributed by atoms with Crippen molar-refractivity contribution in [2.45, 2.75) is 32.1 Å². The van der Waals surface area contributed by atoms with Crippen LogP contribution in [0.15, 0.2) is 6.07 Å². The van der Waals surface area contributed by atoms with Gasteiger partial charge in [-0.05, 0) is 69.8 Å². The number of fused-ring (bicyclic) bond motifs is 1. The van der Waals surface area contributed by atoms with Gasteiger partial charge in [-0.1, -0.05) is 0 Å². The van der Waals surface area contributed by atoms with Gasteiger partial charge in [-0.15, -0.1) is 0 Å². The van der Waals surface area contributed by atoms with Crippen molar-refractivity contribution in [1.82, 2.24) is 9.88 Å². The Morgan fingerprint density at radius 3 is 2.95 bits per heavy atom. The van der Waals surface area contributed by atoms with Crippen molar-refractivity contribution in [3.63, 3.8) is 0 Å². The quantitative estimate of drug-likeness (QED) is 0.915. The molecule has 0 spiro atoms. The zero-order valence-corrected chi connectivity index (χ0v) is 12.2. The summed E-state index contributed by atoms with van der Waals surface area (Å²) in [4.78, 5) is 7.06. The molecule has 0 saturated carbocycles. The number of likely N-dealkylation sites (tertiary alicyclic amines) is 1. The number of hydrogen-bond donors (Lipinski definition) is 1. The number of nitrogens with one attached hydrogen (secondary N) is 1. The first-order valence-corrected chi connectivity index (χ1v) is 7.61. The summed E-state index contributed by atoms with van der Waals surface area (Å²) in [5, 5.41) is 12.7. The Kier molecular flexibility index (Phi) is 3.88. The summed E-state index contributed by atoms with van der Waals surface area (Å²) < 4.78 is 0. The monoisotopic (exact) mass is 270 g/mol. The molecule has 1 saturated heterocycles. The van der Waals surface area contributed by atoms with Crippen LogP contribution in [0.4, 0.5) is 5.82 Å². The van der Waals surface area contributed by atoms with Gasteiger partial charge >= 0.3 is 0 Å². The third-order valence-electron chi connectivity index (χ3n) is 4.57. The molecule has 0 radical (unpaired) electrons. The molecule has 4 nitrogen and oxygen atoms in total. The molecule has 106 valence electrons. The van der Waals surface area contributed by atoms with E-state index in [0.717, 1.165) is 25.2 Å². The SMILES string of the molecule is CN1CCC(CNc2nc3c(cc2C#N)CCC3)CC1. The van der Waals surface area contributed by atoms with E-state index in [-0.39, 0.29) is 0 Å². The summed E-state index contributed by atoms with van der Waals surface area (Å²) in [6.07, 6.45) is 5.77. The van der Waals surface area contributed by atoms with Crippen LogP contribution in [0.2, 0.25) is 0 Å². The van der Waals surface area contributed by atoms with Crippen LogP contribution in [-0.2, 0) is 12.8 Å². The number of nitrogens with zero attached hydrogens (tertiary/aromatic N) is 3. The number of rotatable bonds is 3. The van der Waals surface area contributed by atoms with Gasteiger partial charge in [0.15, 0.2) is 0 Å². The molecule has 0 amide bonds. The van der Waals surface area contributed by atoms with Crippen LogP contribution in [-0.4, -0.2) is 36.6 Å². The molecule has 0 unspecified atom stereocenters. The van der Waals surface area contributed by atoms with Gasteiger partial charge in [0.2, 0.25) is 0 Å². The van der Waals surface area contributed by atoms with Gasteiger partial charge in [-0.2, -0.15) is 5.26 Å². The maximum Gasteiger partial charge on any atom is 0.144 e. The zero-order valence-electron chi connectivity index (χ0n) is 12.2. The van der Waals surface area contributed by atoms with Gasteiger partial charge in [0, 0.05) is 12.2 Å². The maximum atomic E-state index is 9.28. The lowest BCUT2D eigenvalue weighted by atomic mass is 9.97. The van der Waals surface area contributed by atoms with Crippen LogP contribution in [0.25, 0.3) is 0 Å². The van der Waals surface area contributed by atoms with E-state index in [1.54, 1.807) is 0 Å². The summed E-state index contributed by atoms with van der Waals surface area (Å²) in [5.74, 6) is 1.50. The van der Waals surface area contributed by atoms with Crippen molar-refractivity contribution >= 4 is 5.82 Å². The lowest BCUT2D eigenvalue weighted by molar-refractivity contribution is 0.226. The highest BCUT2D eigenvalue weighted by Crippen LogP contribution is 2.25. The molecule has 1 aromatic rings. The zero-order chi connectivity index (χ0) is 13.9. The standard InChI is InChI=1S/C16H22N4/c1-20-7-5-12(6-8-20)11-18-16-14(10-17)9-13-3-2-4-15(13)19-16/h9,12H,2-8,11H2,1H3,(H,18,19). The first kappa shape index (κ1) is 13.4. The van der Waals surface area contributed by atoms with Gasteiger partial charge in [0.05, 0.1) is 5.56 Å². The lowest BCUT2D eigenvalue weighted by Gasteiger charge is -2.29. The molecule has 0 bridgehead atoms. The van der Waals surface area contributed by atoms with Crippen molar-refractivity contribution in [2.24, 2.45) is 5.92 Å². The molecule has 1 aliphatic carbocycles. The van der Waals surface area contributed by atoms with E-state index in [1.807, 2.05) is 6.07 Å². The van der Waals surface area contributed by atoms with E-state index in [0.29, 0.717) is 11.5 Å². The Balaban J connectivity index is 1.67. The molecule has 0 aromatic carbocycles. The van der Waals surface area contributed by atoms with E-state index in [4.69, 9.17) is 0 Å². The number of nitriles is 1. The van der Waals surface area contributed by atoms with Gasteiger partial charge in [-0.3, -0.25) is 0 Å². The Hall–Kier alpha value is -1.60. The van der Waals surface area contributed by atoms with Gasteiger partial charge < -0.3 is 10.2 Å². The van der Waals surface area contributed by atoms with Gasteiger partial charge in [0.25, 0.3) is 0 Å². The van der Waals surface area contributed by atoms with Crippen LogP contribution in [0.3, 0.4) is 0 Å². The van der Waals surface area contributed by atoms with Crippen LogP contribution in [0.1, 0.15) is 36.1 Å². The molecule has 2 heterocycles. The summed E-state index contributed by atoms with van der Waals surface area (Å²) in [6, 6.07) is 4.32. The molecule has 1 N–H and O–H groups in total. The van der Waals surface area contributed by atoms with Crippen LogP contribution < -0.4 is 5.32 Å². The highest BCUT2D eigenvalue weighted by atomic mass is 15.1. The molecular formula is C16H22N4. The second-order valence-corrected chi connectivity index (χ2v) is 6.08. The molecule has 1 fully saturated rings. The fourth-order valence-corrected chi connectivity index (χ4v) is 3.20. The number of piperidine rings is 1. The largest absolute Gasteiger partial charge is 0.369 e. The van der Waals surface area contributed by atoms with Crippen molar-refractivity contribution in [3.8, 4) is 6.07 Å². The van der Waals surface area contributed by atoms with Crippen molar-refractivity contribution < 1.29 is 0 Å². The van der Waals surface area contributed by atoms with Crippen molar-refractivity contribution in [2.75, 3.05) is 32.0 Å². The van der Waals surface area contributed by atoms with Crippen LogP contribution >= 0.6 is 0 Å². The highest BCUT2D eigenvalue weighted by Gasteiger charge is 2.19. The first-order chi connectivity index (χ1) is 9.76. The van der Waals surface area contributed by atoms with E-state index in [1.165, 1.54) is 43.6 Å². The third kappa shape index (κ3) is 2.78. The average Bonchev–Trinajstić information content (AvgIpc) is 2.92. The Labute approximate surface area is 120 Å². The molecule has 2 aliphatic rings. The molecular weight excluding hydrogens is 248 g/mol. The lowest BCUT2D eigenvalue weighted by Crippen LogP contribution is -2.33. The Morgan fingerprint density at radius 1 is 1.40 bits per heavy atom. The number of hydrogen-bond acceptors (Lipinski definition) is 4. The molecule has 0 atom stereocenters. The fourth-order valence-electron chi connectivity index (χ4n) is 3.20. The second kappa shape index (κ2) is 5.80. The summed E-state index contributed by atoms with van der Waals surface area (Å²) in [5.41, 5.74) is 3.17. The highest BCUT2D eigenvalue weighted by molar-refractivity contribution is 5.55. The molecule has 3 rings (SSSR count). The minimum atomic E-state index is 0.702. The van der Waals surface area contributed by atoms with E-state index < -0.39 is 0 Å². The minimum absolute atomic E-state index is 0.702. The third-order valence-corrected chi connectivity index (χ3v) is 4.57. The first-order valence-electron chi connectivity index (χ1n) is 7.61. The molecule has 4 heteroatoms. The summed E-state index contributed by atoms with van der Waals surface area (Å²) >= 11 is 0. The predicted molar refractivity (Wildman–Crippen MR) is 79.7 cm³/mol. The topological polar surface area (TPSA) is 52.0 Å². The second-order valence-electron chi connectivity index (χ2n) is 6.08. The van der Waals surface area contributed by atoms with Gasteiger partial charge in [0.1, 0.15) is 11.9 Å². The van der Waals surface area contributed by atoms with E-state index in [2.05, 4.69) is 28.3 Å². The van der Waals surface area contributed by atoms with E-state index in [9.17, 15) is 5.26 Å². The Bertz CT molecular complexity index is 524. The summed E-state index contributed by atoms with van der Waals surface area (Å²) in [7, 11) is 2.18. The maximum absolute atomic E-state index is 9.28. The number of aromatic nitrogens is 1. The Morgan fingerprint density at radius 2 is 2.20 bits per heavy atom. The molecule has 1 aliphatic heterocycles. The van der Waals surface area contributed by atoms with Gasteiger partial charge in [-0.25, -0.2) is 4.98 Å². The number of pyridine rings is 1. The minimum Gasteiger partial charge on any atom is -0.369 e. The smallest absolute Gasteiger partial charge is 0.144 e. The molecule has 20 heavy (non-hydrogen) atoms. The number of anilines is 1. The number of aryl methyl sites for hydroxylation is 2. The predicted octanol–water partition coefficient (Wildman–Crippen LogP) is 2.20. The normalized spacial score (nSPS) is 19.6. The van der Waals surface area contributed by atoms with Crippen molar-refractivity contribution in [3.05, 3.63) is 22.9 Å². The average molecular weight is 270 g/mol. The van der Waals surface area contributed by atoms with E-state index >= 15 is 0 Å². The molecule has 1 aromatic heterocycles.